The normalized spacial score (nSPS) is 10.2. The number of benzene rings is 1. The number of hydrogen-bond acceptors (Lipinski definition) is 3. The molecule has 1 heterocycles. The minimum absolute atomic E-state index is 0.0752. The second-order valence-electron chi connectivity index (χ2n) is 4.33. The molecule has 0 aliphatic heterocycles. The second kappa shape index (κ2) is 8.02. The van der Waals surface area contributed by atoms with Gasteiger partial charge in [0.2, 0.25) is 5.69 Å². The van der Waals surface area contributed by atoms with E-state index in [0.29, 0.717) is 17.8 Å². The zero-order valence-electron chi connectivity index (χ0n) is 12.3. The molecule has 0 spiro atoms. The minimum atomic E-state index is -6.00. The lowest BCUT2D eigenvalue weighted by Crippen LogP contribution is -2.37. The molecule has 0 atom stereocenters. The third kappa shape index (κ3) is 5.65. The first-order valence-corrected chi connectivity index (χ1v) is 6.57. The highest BCUT2D eigenvalue weighted by molar-refractivity contribution is 6.50. The van der Waals surface area contributed by atoms with Crippen molar-refractivity contribution in [1.29, 1.82) is 10.5 Å². The molecular formula is C14H10BF5N4. The van der Waals surface area contributed by atoms with Crippen molar-refractivity contribution in [2.75, 3.05) is 0 Å². The summed E-state index contributed by atoms with van der Waals surface area (Å²) in [5.74, 6) is -0.332. The molecular weight excluding hydrogens is 330 g/mol. The third-order valence-corrected chi connectivity index (χ3v) is 2.71. The summed E-state index contributed by atoms with van der Waals surface area (Å²) in [6.07, 6.45) is 1.69. The van der Waals surface area contributed by atoms with Gasteiger partial charge in [0.1, 0.15) is 24.1 Å². The van der Waals surface area contributed by atoms with Crippen LogP contribution in [0.2, 0.25) is 0 Å². The Hall–Kier alpha value is -3.01. The van der Waals surface area contributed by atoms with Crippen LogP contribution in [0.25, 0.3) is 11.3 Å². The van der Waals surface area contributed by atoms with Crippen LogP contribution in [0.1, 0.15) is 18.3 Å². The Labute approximate surface area is 134 Å². The van der Waals surface area contributed by atoms with Gasteiger partial charge in [-0.3, -0.25) is 0 Å². The Bertz CT molecular complexity index is 785. The summed E-state index contributed by atoms with van der Waals surface area (Å²) in [6.45, 7) is 2.42. The number of halogens is 5. The number of nitrogens with zero attached hydrogens (tertiary/aromatic N) is 4. The zero-order valence-corrected chi connectivity index (χ0v) is 12.3. The maximum atomic E-state index is 12.9. The van der Waals surface area contributed by atoms with Crippen LogP contribution in [-0.4, -0.2) is 12.2 Å². The lowest BCUT2D eigenvalue weighted by Gasteiger charge is -2.02. The number of aromatic nitrogens is 2. The first kappa shape index (κ1) is 19.0. The summed E-state index contributed by atoms with van der Waals surface area (Å²) in [5, 5.41) is 18.1. The molecule has 0 saturated carbocycles. The predicted octanol–water partition coefficient (Wildman–Crippen LogP) is 3.24. The van der Waals surface area contributed by atoms with Gasteiger partial charge in [0, 0.05) is 5.56 Å². The first-order valence-electron chi connectivity index (χ1n) is 6.57. The molecule has 0 N–H and O–H groups in total. The van der Waals surface area contributed by atoms with E-state index in [0.717, 1.165) is 0 Å². The van der Waals surface area contributed by atoms with Crippen molar-refractivity contribution in [2.24, 2.45) is 0 Å². The number of hydrogen-bond donors (Lipinski definition) is 0. The van der Waals surface area contributed by atoms with Crippen LogP contribution in [-0.2, 0) is 6.54 Å². The van der Waals surface area contributed by atoms with E-state index in [-0.39, 0.29) is 17.2 Å². The molecule has 0 aliphatic rings. The van der Waals surface area contributed by atoms with Gasteiger partial charge in [-0.25, -0.2) is 9.37 Å². The topological polar surface area (TPSA) is 64.3 Å². The van der Waals surface area contributed by atoms with Gasteiger partial charge >= 0.3 is 12.9 Å². The fourth-order valence-electron chi connectivity index (χ4n) is 1.75. The van der Waals surface area contributed by atoms with Gasteiger partial charge in [-0.2, -0.15) is 15.1 Å². The summed E-state index contributed by atoms with van der Waals surface area (Å²) < 4.78 is 53.5. The van der Waals surface area contributed by atoms with Crippen molar-refractivity contribution in [1.82, 2.24) is 4.98 Å². The average molecular weight is 340 g/mol. The molecule has 0 radical (unpaired) electrons. The highest BCUT2D eigenvalue weighted by atomic mass is 19.5. The van der Waals surface area contributed by atoms with Gasteiger partial charge in [-0.15, -0.1) is 0 Å². The number of nitriles is 2. The first-order chi connectivity index (χ1) is 11.2. The van der Waals surface area contributed by atoms with Crippen LogP contribution in [0, 0.1) is 28.5 Å². The van der Waals surface area contributed by atoms with E-state index in [1.165, 1.54) is 12.1 Å². The van der Waals surface area contributed by atoms with E-state index < -0.39 is 7.25 Å². The van der Waals surface area contributed by atoms with Gasteiger partial charge in [-0.1, -0.05) is 0 Å². The van der Waals surface area contributed by atoms with Gasteiger partial charge in [0.25, 0.3) is 0 Å². The molecule has 2 aromatic rings. The third-order valence-electron chi connectivity index (χ3n) is 2.71. The fourth-order valence-corrected chi connectivity index (χ4v) is 1.75. The van der Waals surface area contributed by atoms with Crippen LogP contribution in [0.15, 0.2) is 30.5 Å². The van der Waals surface area contributed by atoms with E-state index in [2.05, 4.69) is 4.98 Å². The van der Waals surface area contributed by atoms with Crippen molar-refractivity contribution < 1.29 is 26.2 Å². The molecule has 1 aromatic heterocycles. The molecule has 0 unspecified atom stereocenters. The zero-order chi connectivity index (χ0) is 18.3. The molecule has 4 nitrogen and oxygen atoms in total. The molecule has 0 fully saturated rings. The maximum Gasteiger partial charge on any atom is 0.673 e. The van der Waals surface area contributed by atoms with Crippen molar-refractivity contribution >= 4 is 7.25 Å². The van der Waals surface area contributed by atoms with E-state index in [1.54, 1.807) is 22.9 Å². The van der Waals surface area contributed by atoms with E-state index in [9.17, 15) is 21.7 Å². The van der Waals surface area contributed by atoms with Gasteiger partial charge < -0.3 is 17.3 Å². The Balaban J connectivity index is 0.000000505. The van der Waals surface area contributed by atoms with E-state index >= 15 is 0 Å². The molecule has 0 bridgehead atoms. The molecule has 1 aromatic carbocycles. The molecule has 0 amide bonds. The average Bonchev–Trinajstić information content (AvgIpc) is 2.52. The van der Waals surface area contributed by atoms with Gasteiger partial charge in [0.15, 0.2) is 12.3 Å². The van der Waals surface area contributed by atoms with Crippen LogP contribution < -0.4 is 4.57 Å². The lowest BCUT2D eigenvalue weighted by atomic mass is 10.1. The molecule has 24 heavy (non-hydrogen) atoms. The number of aryl methyl sites for hydroxylation is 1. The van der Waals surface area contributed by atoms with Crippen LogP contribution in [0.3, 0.4) is 0 Å². The summed E-state index contributed by atoms with van der Waals surface area (Å²) in [5.41, 5.74) is 1.55. The van der Waals surface area contributed by atoms with Gasteiger partial charge in [-0.05, 0) is 31.2 Å². The van der Waals surface area contributed by atoms with Crippen LogP contribution in [0.5, 0.6) is 0 Å². The summed E-state index contributed by atoms with van der Waals surface area (Å²) in [4.78, 5) is 4.14. The van der Waals surface area contributed by atoms with E-state index in [4.69, 9.17) is 10.5 Å². The van der Waals surface area contributed by atoms with Crippen molar-refractivity contribution in [2.45, 2.75) is 13.5 Å². The maximum absolute atomic E-state index is 12.9. The van der Waals surface area contributed by atoms with Crippen molar-refractivity contribution in [3.63, 3.8) is 0 Å². The van der Waals surface area contributed by atoms with E-state index in [1.807, 2.05) is 19.1 Å². The van der Waals surface area contributed by atoms with Crippen LogP contribution >= 0.6 is 0 Å². The van der Waals surface area contributed by atoms with Gasteiger partial charge in [0.05, 0.1) is 0 Å². The summed E-state index contributed by atoms with van der Waals surface area (Å²) in [7, 11) is -6.00. The van der Waals surface area contributed by atoms with Crippen molar-refractivity contribution in [3.05, 3.63) is 47.7 Å². The molecule has 10 heteroatoms. The van der Waals surface area contributed by atoms with Crippen LogP contribution in [0.4, 0.5) is 21.7 Å². The Morgan fingerprint density at radius 2 is 1.62 bits per heavy atom. The highest BCUT2D eigenvalue weighted by Crippen LogP contribution is 2.17. The minimum Gasteiger partial charge on any atom is -0.418 e. The largest absolute Gasteiger partial charge is 0.673 e. The fraction of sp³-hybridized carbons (Fsp3) is 0.143. The summed E-state index contributed by atoms with van der Waals surface area (Å²) >= 11 is 0. The summed E-state index contributed by atoms with van der Waals surface area (Å²) in [6, 6.07) is 9.72. The molecule has 0 saturated heterocycles. The Morgan fingerprint density at radius 1 is 1.08 bits per heavy atom. The predicted molar refractivity (Wildman–Crippen MR) is 75.1 cm³/mol. The van der Waals surface area contributed by atoms with Crippen molar-refractivity contribution in [3.8, 4) is 23.4 Å². The second-order valence-corrected chi connectivity index (χ2v) is 4.33. The monoisotopic (exact) mass is 340 g/mol. The molecule has 124 valence electrons. The number of rotatable bonds is 2. The highest BCUT2D eigenvalue weighted by Gasteiger charge is 2.21. The SMILES string of the molecule is CC[n+]1cc(-c2ccc(F)cc2)nc(C#N)c1C#N.F[B-](F)(F)F. The standard InChI is InChI=1S/C14H10FN4.BF4/c1-2-19-9-13(10-3-5-11(15)6-4-10)18-12(7-16)14(19)8-17;2-1(3,4)5/h3-6,9H,2H2,1H3;/q+1;-1. The molecule has 2 rings (SSSR count). The lowest BCUT2D eigenvalue weighted by molar-refractivity contribution is -0.696. The quantitative estimate of drug-likeness (QED) is 0.479. The smallest absolute Gasteiger partial charge is 0.418 e. The molecule has 0 aliphatic carbocycles. The Morgan fingerprint density at radius 3 is 2.04 bits per heavy atom. The Kier molecular flexibility index (Phi) is 6.36.